The van der Waals surface area contributed by atoms with Crippen LogP contribution in [0.4, 0.5) is 4.39 Å². The van der Waals surface area contributed by atoms with Gasteiger partial charge >= 0.3 is 0 Å². The molecule has 21 heavy (non-hydrogen) atoms. The zero-order valence-electron chi connectivity index (χ0n) is 13.2. The van der Waals surface area contributed by atoms with Crippen LogP contribution in [-0.2, 0) is 0 Å². The van der Waals surface area contributed by atoms with Crippen molar-refractivity contribution in [1.29, 1.82) is 0 Å². The fourth-order valence-electron chi connectivity index (χ4n) is 2.99. The van der Waals surface area contributed by atoms with Crippen molar-refractivity contribution in [3.8, 4) is 11.5 Å². The van der Waals surface area contributed by atoms with E-state index >= 15 is 0 Å². The van der Waals surface area contributed by atoms with E-state index in [1.165, 1.54) is 13.2 Å². The molecular weight excluding hydrogens is 271 g/mol. The molecule has 1 aromatic rings. The normalized spacial score (nSPS) is 22.8. The van der Waals surface area contributed by atoms with Crippen molar-refractivity contribution in [2.24, 2.45) is 11.7 Å². The molecule has 2 unspecified atom stereocenters. The lowest BCUT2D eigenvalue weighted by molar-refractivity contribution is 0.218. The van der Waals surface area contributed by atoms with Gasteiger partial charge in [-0.3, -0.25) is 4.90 Å². The Morgan fingerprint density at radius 2 is 2.14 bits per heavy atom. The minimum atomic E-state index is -0.303. The van der Waals surface area contributed by atoms with E-state index in [-0.39, 0.29) is 18.0 Å². The van der Waals surface area contributed by atoms with Gasteiger partial charge < -0.3 is 15.2 Å². The van der Waals surface area contributed by atoms with Crippen molar-refractivity contribution in [2.45, 2.75) is 32.4 Å². The first-order chi connectivity index (χ1) is 9.96. The van der Waals surface area contributed by atoms with Gasteiger partial charge in [-0.25, -0.2) is 4.39 Å². The van der Waals surface area contributed by atoms with Gasteiger partial charge in [0, 0.05) is 24.2 Å². The molecule has 2 rings (SSSR count). The minimum absolute atomic E-state index is 0.000117. The summed E-state index contributed by atoms with van der Waals surface area (Å²) in [6.45, 7) is 5.47. The van der Waals surface area contributed by atoms with Gasteiger partial charge in [0.2, 0.25) is 0 Å². The second-order valence-corrected chi connectivity index (χ2v) is 5.99. The van der Waals surface area contributed by atoms with Gasteiger partial charge in [0.05, 0.1) is 13.2 Å². The number of benzene rings is 1. The van der Waals surface area contributed by atoms with E-state index in [0.29, 0.717) is 24.0 Å². The Morgan fingerprint density at radius 1 is 1.43 bits per heavy atom. The minimum Gasteiger partial charge on any atom is -0.493 e. The first-order valence-corrected chi connectivity index (χ1v) is 7.40. The maximum Gasteiger partial charge on any atom is 0.166 e. The summed E-state index contributed by atoms with van der Waals surface area (Å²) in [4.78, 5) is 2.21. The average Bonchev–Trinajstić information content (AvgIpc) is 2.81. The van der Waals surface area contributed by atoms with E-state index in [0.717, 1.165) is 18.5 Å². The van der Waals surface area contributed by atoms with Crippen LogP contribution in [0.1, 0.15) is 31.9 Å². The highest BCUT2D eigenvalue weighted by Crippen LogP contribution is 2.43. The van der Waals surface area contributed by atoms with Gasteiger partial charge in [0.15, 0.2) is 11.5 Å². The maximum absolute atomic E-state index is 13.9. The first-order valence-electron chi connectivity index (χ1n) is 7.40. The molecule has 0 amide bonds. The molecule has 0 bridgehead atoms. The Bertz CT molecular complexity index is 493. The number of rotatable bonds is 5. The van der Waals surface area contributed by atoms with E-state index < -0.39 is 0 Å². The quantitative estimate of drug-likeness (QED) is 0.907. The molecule has 1 aromatic carbocycles. The third-order valence-corrected chi connectivity index (χ3v) is 3.95. The summed E-state index contributed by atoms with van der Waals surface area (Å²) >= 11 is 0. The van der Waals surface area contributed by atoms with Crippen LogP contribution in [0.15, 0.2) is 12.1 Å². The molecule has 0 spiro atoms. The molecule has 1 aliphatic heterocycles. The second kappa shape index (κ2) is 6.62. The van der Waals surface area contributed by atoms with Crippen LogP contribution in [0.5, 0.6) is 11.5 Å². The predicted molar refractivity (Wildman–Crippen MR) is 81.2 cm³/mol. The number of hydrogen-bond acceptors (Lipinski definition) is 4. The largest absolute Gasteiger partial charge is 0.493 e. The van der Waals surface area contributed by atoms with Gasteiger partial charge in [-0.15, -0.1) is 0 Å². The molecule has 0 saturated carbocycles. The molecule has 2 atom stereocenters. The van der Waals surface area contributed by atoms with E-state index in [4.69, 9.17) is 15.2 Å². The molecule has 0 radical (unpaired) electrons. The number of ether oxygens (including phenoxy) is 2. The fourth-order valence-corrected chi connectivity index (χ4v) is 2.99. The Kier molecular flexibility index (Phi) is 5.06. The molecule has 118 valence electrons. The van der Waals surface area contributed by atoms with E-state index in [1.54, 1.807) is 6.07 Å². The number of halogens is 1. The lowest BCUT2D eigenvalue weighted by Gasteiger charge is -2.25. The molecule has 5 heteroatoms. The fraction of sp³-hybridized carbons (Fsp3) is 0.625. The van der Waals surface area contributed by atoms with Crippen LogP contribution in [0.25, 0.3) is 0 Å². The molecule has 1 fully saturated rings. The van der Waals surface area contributed by atoms with Crippen molar-refractivity contribution in [3.05, 3.63) is 23.5 Å². The number of hydrogen-bond donors (Lipinski definition) is 1. The van der Waals surface area contributed by atoms with Gasteiger partial charge in [-0.05, 0) is 45.8 Å². The van der Waals surface area contributed by atoms with Gasteiger partial charge in [0.1, 0.15) is 5.82 Å². The number of nitrogens with two attached hydrogens (primary N) is 1. The Hall–Kier alpha value is -1.33. The van der Waals surface area contributed by atoms with Crippen molar-refractivity contribution in [1.82, 2.24) is 4.90 Å². The summed E-state index contributed by atoms with van der Waals surface area (Å²) in [5.74, 6) is 1.22. The van der Waals surface area contributed by atoms with Crippen LogP contribution in [0.3, 0.4) is 0 Å². The highest BCUT2D eigenvalue weighted by Gasteiger charge is 2.33. The number of methoxy groups -OCH3 is 1. The van der Waals surface area contributed by atoms with Crippen LogP contribution >= 0.6 is 0 Å². The Balaban J connectivity index is 2.43. The van der Waals surface area contributed by atoms with Crippen LogP contribution < -0.4 is 15.2 Å². The topological polar surface area (TPSA) is 47.7 Å². The van der Waals surface area contributed by atoms with Crippen molar-refractivity contribution in [3.63, 3.8) is 0 Å². The van der Waals surface area contributed by atoms with E-state index in [1.807, 2.05) is 20.9 Å². The SMILES string of the molecule is COc1cc(F)cc(C2CC(CN)CN2C)c1OC(C)C. The smallest absolute Gasteiger partial charge is 0.166 e. The van der Waals surface area contributed by atoms with Gasteiger partial charge in [-0.2, -0.15) is 0 Å². The lowest BCUT2D eigenvalue weighted by atomic mass is 9.98. The average molecular weight is 296 g/mol. The predicted octanol–water partition coefficient (Wildman–Crippen LogP) is 2.57. The van der Waals surface area contributed by atoms with E-state index in [2.05, 4.69) is 4.90 Å². The second-order valence-electron chi connectivity index (χ2n) is 5.99. The lowest BCUT2D eigenvalue weighted by Crippen LogP contribution is -2.21. The highest BCUT2D eigenvalue weighted by atomic mass is 19.1. The van der Waals surface area contributed by atoms with Crippen molar-refractivity contribution < 1.29 is 13.9 Å². The summed E-state index contributed by atoms with van der Waals surface area (Å²) < 4.78 is 25.1. The summed E-state index contributed by atoms with van der Waals surface area (Å²) in [5, 5.41) is 0. The number of likely N-dealkylation sites (tertiary alicyclic amines) is 1. The molecule has 1 aliphatic rings. The molecular formula is C16H25FN2O2. The zero-order chi connectivity index (χ0) is 15.6. The molecule has 4 nitrogen and oxygen atoms in total. The van der Waals surface area contributed by atoms with Crippen LogP contribution in [0, 0.1) is 11.7 Å². The summed E-state index contributed by atoms with van der Waals surface area (Å²) in [5.41, 5.74) is 6.63. The van der Waals surface area contributed by atoms with Gasteiger partial charge in [-0.1, -0.05) is 0 Å². The Labute approximate surface area is 126 Å². The third kappa shape index (κ3) is 3.47. The Morgan fingerprint density at radius 3 is 2.67 bits per heavy atom. The van der Waals surface area contributed by atoms with Crippen LogP contribution in [0.2, 0.25) is 0 Å². The summed E-state index contributed by atoms with van der Waals surface area (Å²) in [6.07, 6.45) is 0.911. The summed E-state index contributed by atoms with van der Waals surface area (Å²) in [7, 11) is 3.57. The zero-order valence-corrected chi connectivity index (χ0v) is 13.2. The van der Waals surface area contributed by atoms with E-state index in [9.17, 15) is 4.39 Å². The standard InChI is InChI=1S/C16H25FN2O2/c1-10(2)21-16-13(6-12(17)7-15(16)20-4)14-5-11(8-18)9-19(14)3/h6-7,10-11,14H,5,8-9,18H2,1-4H3. The molecule has 2 N–H and O–H groups in total. The molecule has 1 heterocycles. The summed E-state index contributed by atoms with van der Waals surface area (Å²) in [6, 6.07) is 3.04. The third-order valence-electron chi connectivity index (χ3n) is 3.95. The first kappa shape index (κ1) is 16.0. The van der Waals surface area contributed by atoms with Crippen LogP contribution in [-0.4, -0.2) is 38.3 Å². The van der Waals surface area contributed by atoms with Crippen molar-refractivity contribution in [2.75, 3.05) is 27.2 Å². The molecule has 0 aromatic heterocycles. The number of nitrogens with zero attached hydrogens (tertiary/aromatic N) is 1. The molecule has 0 aliphatic carbocycles. The maximum atomic E-state index is 13.9. The van der Waals surface area contributed by atoms with Crippen molar-refractivity contribution >= 4 is 0 Å². The highest BCUT2D eigenvalue weighted by molar-refractivity contribution is 5.49. The molecule has 1 saturated heterocycles. The van der Waals surface area contributed by atoms with Gasteiger partial charge in [0.25, 0.3) is 0 Å². The monoisotopic (exact) mass is 296 g/mol.